The maximum absolute atomic E-state index is 15.2. The first-order chi connectivity index (χ1) is 19.4. The van der Waals surface area contributed by atoms with Gasteiger partial charge in [-0.05, 0) is 37.1 Å². The second-order valence-corrected chi connectivity index (χ2v) is 9.78. The van der Waals surface area contributed by atoms with Gasteiger partial charge in [-0.2, -0.15) is 0 Å². The van der Waals surface area contributed by atoms with Crippen LogP contribution in [0.1, 0.15) is 28.8 Å². The number of ether oxygens (including phenoxy) is 1. The molecule has 40 heavy (non-hydrogen) atoms. The van der Waals surface area contributed by atoms with Crippen LogP contribution in [0.3, 0.4) is 0 Å². The molecule has 0 amide bonds. The normalized spacial score (nSPS) is 12.6. The molecular formula is C29H23Cl2FN4O4. The predicted octanol–water partition coefficient (Wildman–Crippen LogP) is 6.78. The molecule has 0 saturated heterocycles. The molecule has 0 spiro atoms. The summed E-state index contributed by atoms with van der Waals surface area (Å²) in [6.45, 7) is -0.0235. The summed E-state index contributed by atoms with van der Waals surface area (Å²) < 4.78 is 20.5. The third-order valence-corrected chi connectivity index (χ3v) is 7.16. The lowest BCUT2D eigenvalue weighted by Crippen LogP contribution is -2.21. The fourth-order valence-electron chi connectivity index (χ4n) is 4.05. The molecule has 0 unspecified atom stereocenters. The Kier molecular flexibility index (Phi) is 8.25. The van der Waals surface area contributed by atoms with Gasteiger partial charge in [0.2, 0.25) is 5.88 Å². The number of nitrogens with zero attached hydrogens (tertiary/aromatic N) is 2. The standard InChI is InChI=1S/C29H23Cl2FN4O4/c1-39-28-18(15-37)10-11-22(36-28)21-6-2-4-19(24(21)30)20-5-3-7-23(25(20)31)35-27-26(32)17(12-13-33-27)14-34-40-29(38)16-8-9-16/h2-7,10-13,15-16,34H,8-9,14H2,1H3,(H,33,35). The molecule has 0 aliphatic heterocycles. The van der Waals surface area contributed by atoms with Gasteiger partial charge in [0.15, 0.2) is 17.9 Å². The number of anilines is 2. The van der Waals surface area contributed by atoms with Gasteiger partial charge in [0.1, 0.15) is 0 Å². The van der Waals surface area contributed by atoms with Crippen molar-refractivity contribution in [1.29, 1.82) is 0 Å². The molecule has 11 heteroatoms. The van der Waals surface area contributed by atoms with E-state index in [9.17, 15) is 9.59 Å². The highest BCUT2D eigenvalue weighted by molar-refractivity contribution is 6.39. The Morgan fingerprint density at radius 3 is 2.50 bits per heavy atom. The number of pyridine rings is 2. The molecule has 2 N–H and O–H groups in total. The minimum atomic E-state index is -0.613. The Morgan fingerprint density at radius 2 is 1.77 bits per heavy atom. The molecule has 8 nitrogen and oxygen atoms in total. The van der Waals surface area contributed by atoms with E-state index >= 15 is 4.39 Å². The van der Waals surface area contributed by atoms with E-state index in [1.807, 2.05) is 12.1 Å². The first kappa shape index (κ1) is 27.5. The lowest BCUT2D eigenvalue weighted by atomic mass is 10.00. The molecule has 1 aliphatic carbocycles. The van der Waals surface area contributed by atoms with Crippen molar-refractivity contribution in [1.82, 2.24) is 15.4 Å². The average Bonchev–Trinajstić information content (AvgIpc) is 3.82. The fourth-order valence-corrected chi connectivity index (χ4v) is 4.65. The maximum Gasteiger partial charge on any atom is 0.327 e. The van der Waals surface area contributed by atoms with E-state index in [0.29, 0.717) is 50.0 Å². The van der Waals surface area contributed by atoms with Crippen LogP contribution in [-0.4, -0.2) is 29.3 Å². The van der Waals surface area contributed by atoms with E-state index in [1.54, 1.807) is 36.4 Å². The molecule has 0 bridgehead atoms. The second kappa shape index (κ2) is 12.0. The van der Waals surface area contributed by atoms with Crippen LogP contribution in [0, 0.1) is 11.7 Å². The average molecular weight is 581 g/mol. The summed E-state index contributed by atoms with van der Waals surface area (Å²) in [6.07, 6.45) is 3.74. The lowest BCUT2D eigenvalue weighted by Gasteiger charge is -2.15. The highest BCUT2D eigenvalue weighted by Crippen LogP contribution is 2.42. The topological polar surface area (TPSA) is 102 Å². The van der Waals surface area contributed by atoms with Crippen LogP contribution in [0.15, 0.2) is 60.8 Å². The number of hydrogen-bond donors (Lipinski definition) is 2. The highest BCUT2D eigenvalue weighted by atomic mass is 35.5. The monoisotopic (exact) mass is 580 g/mol. The van der Waals surface area contributed by atoms with Crippen molar-refractivity contribution >= 4 is 47.0 Å². The molecule has 0 atom stereocenters. The quantitative estimate of drug-likeness (QED) is 0.156. The Labute approximate surface area is 239 Å². The number of methoxy groups -OCH3 is 1. The molecule has 1 saturated carbocycles. The Balaban J connectivity index is 1.41. The summed E-state index contributed by atoms with van der Waals surface area (Å²) in [6, 6.07) is 15.4. The number of nitrogens with one attached hydrogen (secondary N) is 2. The molecule has 1 aliphatic rings. The summed E-state index contributed by atoms with van der Waals surface area (Å²) >= 11 is 13.6. The van der Waals surface area contributed by atoms with Crippen molar-refractivity contribution in [3.8, 4) is 28.3 Å². The summed E-state index contributed by atoms with van der Waals surface area (Å²) in [5.41, 5.74) is 5.85. The van der Waals surface area contributed by atoms with E-state index in [1.165, 1.54) is 19.4 Å². The smallest absolute Gasteiger partial charge is 0.327 e. The Hall–Kier alpha value is -4.05. The van der Waals surface area contributed by atoms with Crippen LogP contribution < -0.4 is 15.5 Å². The van der Waals surface area contributed by atoms with Gasteiger partial charge < -0.3 is 14.9 Å². The molecule has 204 valence electrons. The SMILES string of the molecule is COc1nc(-c2cccc(-c3cccc(Nc4nccc(CNOC(=O)C5CC5)c4F)c3Cl)c2Cl)ccc1C=O. The number of aromatic nitrogens is 2. The number of benzene rings is 2. The number of halogens is 3. The number of hydroxylamine groups is 1. The van der Waals surface area contributed by atoms with Crippen LogP contribution in [0.2, 0.25) is 10.0 Å². The van der Waals surface area contributed by atoms with Gasteiger partial charge in [-0.25, -0.2) is 14.4 Å². The van der Waals surface area contributed by atoms with Crippen molar-refractivity contribution in [2.24, 2.45) is 5.92 Å². The minimum Gasteiger partial charge on any atom is -0.480 e. The van der Waals surface area contributed by atoms with Crippen molar-refractivity contribution in [2.75, 3.05) is 12.4 Å². The molecular weight excluding hydrogens is 558 g/mol. The molecule has 5 rings (SSSR count). The number of carbonyl (C=O) groups excluding carboxylic acids is 2. The fraction of sp³-hybridized carbons (Fsp3) is 0.172. The number of carbonyl (C=O) groups is 2. The molecule has 0 radical (unpaired) electrons. The molecule has 2 heterocycles. The zero-order valence-electron chi connectivity index (χ0n) is 21.2. The zero-order valence-corrected chi connectivity index (χ0v) is 22.7. The second-order valence-electron chi connectivity index (χ2n) is 9.02. The summed E-state index contributed by atoms with van der Waals surface area (Å²) in [4.78, 5) is 36.5. The van der Waals surface area contributed by atoms with Crippen LogP contribution in [0.4, 0.5) is 15.9 Å². The van der Waals surface area contributed by atoms with E-state index in [0.717, 1.165) is 12.8 Å². The van der Waals surface area contributed by atoms with E-state index in [2.05, 4.69) is 20.8 Å². The zero-order chi connectivity index (χ0) is 28.2. The van der Waals surface area contributed by atoms with Gasteiger partial charge in [0, 0.05) is 28.5 Å². The predicted molar refractivity (Wildman–Crippen MR) is 150 cm³/mol. The molecule has 4 aromatic rings. The molecule has 2 aromatic heterocycles. The number of aldehydes is 1. The highest BCUT2D eigenvalue weighted by Gasteiger charge is 2.31. The number of rotatable bonds is 10. The third-order valence-electron chi connectivity index (χ3n) is 6.34. The van der Waals surface area contributed by atoms with Gasteiger partial charge >= 0.3 is 5.97 Å². The summed E-state index contributed by atoms with van der Waals surface area (Å²) in [5.74, 6) is -0.882. The third kappa shape index (κ3) is 5.77. The van der Waals surface area contributed by atoms with Crippen LogP contribution in [0.25, 0.3) is 22.4 Å². The largest absolute Gasteiger partial charge is 0.480 e. The van der Waals surface area contributed by atoms with Crippen molar-refractivity contribution in [3.63, 3.8) is 0 Å². The lowest BCUT2D eigenvalue weighted by molar-refractivity contribution is -0.153. The Bertz CT molecular complexity index is 1600. The van der Waals surface area contributed by atoms with E-state index in [4.69, 9.17) is 32.8 Å². The molecule has 1 fully saturated rings. The van der Waals surface area contributed by atoms with Crippen LogP contribution in [-0.2, 0) is 16.2 Å². The van der Waals surface area contributed by atoms with E-state index < -0.39 is 5.82 Å². The first-order valence-electron chi connectivity index (χ1n) is 12.3. The van der Waals surface area contributed by atoms with Gasteiger partial charge in [-0.3, -0.25) is 9.59 Å². The van der Waals surface area contributed by atoms with Gasteiger partial charge in [-0.1, -0.05) is 53.5 Å². The van der Waals surface area contributed by atoms with Crippen LogP contribution in [0.5, 0.6) is 5.88 Å². The van der Waals surface area contributed by atoms with Gasteiger partial charge in [-0.15, -0.1) is 5.48 Å². The minimum absolute atomic E-state index is 0.0235. The number of hydrogen-bond acceptors (Lipinski definition) is 8. The maximum atomic E-state index is 15.2. The van der Waals surface area contributed by atoms with Crippen molar-refractivity contribution in [2.45, 2.75) is 19.4 Å². The summed E-state index contributed by atoms with van der Waals surface area (Å²) in [5, 5.41) is 3.63. The van der Waals surface area contributed by atoms with Gasteiger partial charge in [0.25, 0.3) is 0 Å². The Morgan fingerprint density at radius 1 is 1.05 bits per heavy atom. The van der Waals surface area contributed by atoms with Crippen molar-refractivity contribution < 1.29 is 23.6 Å². The van der Waals surface area contributed by atoms with Crippen molar-refractivity contribution in [3.05, 3.63) is 87.8 Å². The van der Waals surface area contributed by atoms with Gasteiger partial charge in [0.05, 0.1) is 46.6 Å². The molecule has 2 aromatic carbocycles. The van der Waals surface area contributed by atoms with Crippen LogP contribution >= 0.6 is 23.2 Å². The summed E-state index contributed by atoms with van der Waals surface area (Å²) in [7, 11) is 1.43. The first-order valence-corrected chi connectivity index (χ1v) is 13.1. The van der Waals surface area contributed by atoms with E-state index in [-0.39, 0.29) is 35.7 Å².